The summed E-state index contributed by atoms with van der Waals surface area (Å²) in [6, 6.07) is 0.344. The van der Waals surface area contributed by atoms with Crippen LogP contribution in [0.4, 0.5) is 8.78 Å². The molecule has 84 valence electrons. The molecule has 0 spiro atoms. The van der Waals surface area contributed by atoms with Crippen LogP contribution in [-0.4, -0.2) is 36.3 Å². The maximum absolute atomic E-state index is 12.3. The first-order valence-electron chi connectivity index (χ1n) is 5.32. The average Bonchev–Trinajstić information content (AvgIpc) is 2.18. The monoisotopic (exact) mass is 225 g/mol. The van der Waals surface area contributed by atoms with Crippen LogP contribution in [0.25, 0.3) is 0 Å². The molecule has 0 unspecified atom stereocenters. The zero-order valence-electron chi connectivity index (χ0n) is 8.39. The fraction of sp³-hybridized carbons (Fsp3) is 1.00. The van der Waals surface area contributed by atoms with Crippen LogP contribution >= 0.6 is 11.6 Å². The molecule has 0 aromatic rings. The highest BCUT2D eigenvalue weighted by molar-refractivity contribution is 6.18. The van der Waals surface area contributed by atoms with Gasteiger partial charge in [0.1, 0.15) is 0 Å². The van der Waals surface area contributed by atoms with E-state index in [0.717, 1.165) is 12.8 Å². The van der Waals surface area contributed by atoms with Gasteiger partial charge in [0.25, 0.3) is 6.43 Å². The van der Waals surface area contributed by atoms with Crippen molar-refractivity contribution in [1.29, 1.82) is 0 Å². The van der Waals surface area contributed by atoms with Crippen molar-refractivity contribution in [1.82, 2.24) is 4.90 Å². The Hall–Kier alpha value is 0.110. The minimum absolute atomic E-state index is 0.114. The summed E-state index contributed by atoms with van der Waals surface area (Å²) in [7, 11) is 0. The summed E-state index contributed by atoms with van der Waals surface area (Å²) >= 11 is 5.61. The van der Waals surface area contributed by atoms with Crippen molar-refractivity contribution in [3.05, 3.63) is 0 Å². The number of hydrogen-bond donors (Lipinski definition) is 0. The summed E-state index contributed by atoms with van der Waals surface area (Å²) in [5.41, 5.74) is 0. The summed E-state index contributed by atoms with van der Waals surface area (Å²) in [4.78, 5) is 1.86. The van der Waals surface area contributed by atoms with Gasteiger partial charge in [-0.15, -0.1) is 11.6 Å². The van der Waals surface area contributed by atoms with E-state index in [0.29, 0.717) is 18.5 Å². The number of nitrogens with zero attached hydrogens (tertiary/aromatic N) is 1. The average molecular weight is 226 g/mol. The Morgan fingerprint density at radius 2 is 1.86 bits per heavy atom. The zero-order valence-corrected chi connectivity index (χ0v) is 9.15. The van der Waals surface area contributed by atoms with Gasteiger partial charge < -0.3 is 0 Å². The van der Waals surface area contributed by atoms with E-state index >= 15 is 0 Å². The first-order chi connectivity index (χ1) is 6.74. The third-order valence-corrected chi connectivity index (χ3v) is 3.00. The number of rotatable bonds is 5. The zero-order chi connectivity index (χ0) is 10.4. The van der Waals surface area contributed by atoms with Gasteiger partial charge in [-0.1, -0.05) is 19.3 Å². The summed E-state index contributed by atoms with van der Waals surface area (Å²) in [5, 5.41) is 0. The van der Waals surface area contributed by atoms with E-state index < -0.39 is 6.43 Å². The second-order valence-electron chi connectivity index (χ2n) is 3.87. The smallest absolute Gasteiger partial charge is 0.251 e. The molecule has 1 aliphatic rings. The van der Waals surface area contributed by atoms with E-state index in [1.165, 1.54) is 19.3 Å². The minimum atomic E-state index is -2.24. The number of halogens is 3. The molecule has 0 N–H and O–H groups in total. The quantitative estimate of drug-likeness (QED) is 0.650. The van der Waals surface area contributed by atoms with Crippen LogP contribution in [0.1, 0.15) is 32.1 Å². The van der Waals surface area contributed by atoms with Crippen LogP contribution in [0.3, 0.4) is 0 Å². The van der Waals surface area contributed by atoms with E-state index in [2.05, 4.69) is 0 Å². The van der Waals surface area contributed by atoms with Crippen LogP contribution in [0.5, 0.6) is 0 Å². The Morgan fingerprint density at radius 1 is 1.21 bits per heavy atom. The summed E-state index contributed by atoms with van der Waals surface area (Å²) in [6.07, 6.45) is 3.48. The molecule has 1 saturated carbocycles. The van der Waals surface area contributed by atoms with Crippen molar-refractivity contribution in [2.24, 2.45) is 0 Å². The van der Waals surface area contributed by atoms with Gasteiger partial charge in [0.2, 0.25) is 0 Å². The van der Waals surface area contributed by atoms with Crippen LogP contribution in [0.15, 0.2) is 0 Å². The highest BCUT2D eigenvalue weighted by Crippen LogP contribution is 2.23. The lowest BCUT2D eigenvalue weighted by Crippen LogP contribution is -2.41. The second-order valence-corrected chi connectivity index (χ2v) is 4.24. The van der Waals surface area contributed by atoms with Crippen molar-refractivity contribution in [2.75, 3.05) is 19.0 Å². The molecule has 0 heterocycles. The molecule has 4 heteroatoms. The molecular weight excluding hydrogens is 208 g/mol. The summed E-state index contributed by atoms with van der Waals surface area (Å²) < 4.78 is 24.6. The highest BCUT2D eigenvalue weighted by atomic mass is 35.5. The van der Waals surface area contributed by atoms with Gasteiger partial charge in [-0.05, 0) is 12.8 Å². The van der Waals surface area contributed by atoms with E-state index in [1.54, 1.807) is 0 Å². The van der Waals surface area contributed by atoms with Gasteiger partial charge in [0, 0.05) is 18.5 Å². The summed E-state index contributed by atoms with van der Waals surface area (Å²) in [6.45, 7) is 0.480. The third kappa shape index (κ3) is 4.09. The lowest BCUT2D eigenvalue weighted by Gasteiger charge is -2.33. The lowest BCUT2D eigenvalue weighted by atomic mass is 9.94. The van der Waals surface area contributed by atoms with Crippen LogP contribution in [0.2, 0.25) is 0 Å². The fourth-order valence-electron chi connectivity index (χ4n) is 2.15. The standard InChI is InChI=1S/C10H18ClF2N/c11-6-7-14(8-10(12)13)9-4-2-1-3-5-9/h9-10H,1-8H2. The van der Waals surface area contributed by atoms with E-state index in [-0.39, 0.29) is 6.54 Å². The van der Waals surface area contributed by atoms with Gasteiger partial charge >= 0.3 is 0 Å². The van der Waals surface area contributed by atoms with Crippen molar-refractivity contribution in [3.8, 4) is 0 Å². The molecule has 0 radical (unpaired) electrons. The Labute approximate surface area is 89.4 Å². The molecule has 1 aliphatic carbocycles. The van der Waals surface area contributed by atoms with E-state index in [4.69, 9.17) is 11.6 Å². The molecule has 0 aliphatic heterocycles. The third-order valence-electron chi connectivity index (χ3n) is 2.84. The van der Waals surface area contributed by atoms with Crippen molar-refractivity contribution >= 4 is 11.6 Å². The van der Waals surface area contributed by atoms with Crippen LogP contribution in [-0.2, 0) is 0 Å². The second kappa shape index (κ2) is 6.57. The lowest BCUT2D eigenvalue weighted by molar-refractivity contribution is 0.0583. The van der Waals surface area contributed by atoms with Crippen molar-refractivity contribution in [3.63, 3.8) is 0 Å². The normalized spacial score (nSPS) is 19.5. The molecular formula is C10H18ClF2N. The van der Waals surface area contributed by atoms with Crippen molar-refractivity contribution in [2.45, 2.75) is 44.6 Å². The Kier molecular flexibility index (Phi) is 5.71. The highest BCUT2D eigenvalue weighted by Gasteiger charge is 2.22. The van der Waals surface area contributed by atoms with Crippen molar-refractivity contribution < 1.29 is 8.78 Å². The van der Waals surface area contributed by atoms with Gasteiger partial charge in [0.15, 0.2) is 0 Å². The van der Waals surface area contributed by atoms with E-state index in [9.17, 15) is 8.78 Å². The molecule has 14 heavy (non-hydrogen) atoms. The number of hydrogen-bond acceptors (Lipinski definition) is 1. The molecule has 0 bridgehead atoms. The SMILES string of the molecule is FC(F)CN(CCCl)C1CCCCC1. The Balaban J connectivity index is 2.38. The molecule has 1 rings (SSSR count). The fourth-order valence-corrected chi connectivity index (χ4v) is 2.37. The predicted molar refractivity (Wildman–Crippen MR) is 55.2 cm³/mol. The van der Waals surface area contributed by atoms with Gasteiger partial charge in [-0.25, -0.2) is 8.78 Å². The van der Waals surface area contributed by atoms with Crippen LogP contribution < -0.4 is 0 Å². The first kappa shape index (κ1) is 12.2. The molecule has 1 fully saturated rings. The Morgan fingerprint density at radius 3 is 2.36 bits per heavy atom. The van der Waals surface area contributed by atoms with Gasteiger partial charge in [-0.2, -0.15) is 0 Å². The van der Waals surface area contributed by atoms with Gasteiger partial charge in [-0.3, -0.25) is 4.90 Å². The van der Waals surface area contributed by atoms with Crippen LogP contribution in [0, 0.1) is 0 Å². The first-order valence-corrected chi connectivity index (χ1v) is 5.85. The maximum atomic E-state index is 12.3. The topological polar surface area (TPSA) is 3.24 Å². The van der Waals surface area contributed by atoms with E-state index in [1.807, 2.05) is 4.90 Å². The number of alkyl halides is 3. The largest absolute Gasteiger partial charge is 0.294 e. The molecule has 1 nitrogen and oxygen atoms in total. The minimum Gasteiger partial charge on any atom is -0.294 e. The molecule has 0 aromatic carbocycles. The molecule has 0 saturated heterocycles. The van der Waals surface area contributed by atoms with Gasteiger partial charge in [0.05, 0.1) is 6.54 Å². The predicted octanol–water partition coefficient (Wildman–Crippen LogP) is 3.13. The molecule has 0 aromatic heterocycles. The Bertz CT molecular complexity index is 149. The maximum Gasteiger partial charge on any atom is 0.251 e. The molecule has 0 atom stereocenters. The molecule has 0 amide bonds. The summed E-state index contributed by atoms with van der Waals surface area (Å²) in [5.74, 6) is 0.448.